The molecule has 2 aromatic rings. The van der Waals surface area contributed by atoms with E-state index in [0.29, 0.717) is 11.3 Å². The Balaban J connectivity index is 1.66. The van der Waals surface area contributed by atoms with Crippen molar-refractivity contribution in [1.82, 2.24) is 15.2 Å². The first-order valence-corrected chi connectivity index (χ1v) is 7.02. The van der Waals surface area contributed by atoms with Crippen LogP contribution in [0.15, 0.2) is 48.8 Å². The predicted molar refractivity (Wildman–Crippen MR) is 82.6 cm³/mol. The van der Waals surface area contributed by atoms with Gasteiger partial charge in [0.2, 0.25) is 5.91 Å². The number of benzene rings is 1. The Kier molecular flexibility index (Phi) is 4.01. The average Bonchev–Trinajstić information content (AvgIpc) is 2.88. The molecule has 23 heavy (non-hydrogen) atoms. The van der Waals surface area contributed by atoms with Gasteiger partial charge in [0.25, 0.3) is 5.91 Å². The summed E-state index contributed by atoms with van der Waals surface area (Å²) >= 11 is 0. The zero-order chi connectivity index (χ0) is 16.2. The smallest absolute Gasteiger partial charge is 0.324 e. The normalized spacial score (nSPS) is 13.8. The molecular formula is C16H14N4O3. The number of carbonyl (C=O) groups is 3. The fourth-order valence-corrected chi connectivity index (χ4v) is 2.20. The Hall–Kier alpha value is -3.22. The van der Waals surface area contributed by atoms with Gasteiger partial charge in [0.1, 0.15) is 0 Å². The second-order valence-corrected chi connectivity index (χ2v) is 5.03. The predicted octanol–water partition coefficient (Wildman–Crippen LogP) is 1.39. The van der Waals surface area contributed by atoms with E-state index in [1.807, 2.05) is 0 Å². The van der Waals surface area contributed by atoms with Gasteiger partial charge in [-0.05, 0) is 29.8 Å². The first-order chi connectivity index (χ1) is 11.1. The summed E-state index contributed by atoms with van der Waals surface area (Å²) < 4.78 is 0. The number of anilines is 1. The van der Waals surface area contributed by atoms with E-state index in [1.165, 1.54) is 0 Å². The molecule has 0 spiro atoms. The summed E-state index contributed by atoms with van der Waals surface area (Å²) in [5.41, 5.74) is 1.92. The molecule has 1 saturated heterocycles. The third-order valence-corrected chi connectivity index (χ3v) is 3.43. The highest BCUT2D eigenvalue weighted by molar-refractivity contribution is 6.04. The van der Waals surface area contributed by atoms with Crippen molar-refractivity contribution in [1.29, 1.82) is 0 Å². The minimum absolute atomic E-state index is 0.0330. The fourth-order valence-electron chi connectivity index (χ4n) is 2.20. The molecule has 0 radical (unpaired) electrons. The van der Waals surface area contributed by atoms with Crippen LogP contribution in [0.1, 0.15) is 15.9 Å². The van der Waals surface area contributed by atoms with E-state index in [-0.39, 0.29) is 24.9 Å². The second kappa shape index (κ2) is 6.27. The topological polar surface area (TPSA) is 91.4 Å². The van der Waals surface area contributed by atoms with Crippen LogP contribution in [-0.2, 0) is 11.3 Å². The largest absolute Gasteiger partial charge is 0.329 e. The zero-order valence-corrected chi connectivity index (χ0v) is 12.2. The standard InChI is InChI=1S/C16H14N4O3/c21-14-9-18-16(23)20(14)10-11-1-3-12(4-2-11)15(22)19-13-5-7-17-8-6-13/h1-8H,9-10H2,(H,18,23)(H,17,19,22). The summed E-state index contributed by atoms with van der Waals surface area (Å²) in [7, 11) is 0. The number of urea groups is 1. The average molecular weight is 310 g/mol. The molecule has 116 valence electrons. The Bertz CT molecular complexity index is 728. The first-order valence-electron chi connectivity index (χ1n) is 7.02. The van der Waals surface area contributed by atoms with Crippen molar-refractivity contribution in [3.05, 3.63) is 59.9 Å². The lowest BCUT2D eigenvalue weighted by Crippen LogP contribution is -2.30. The molecular weight excluding hydrogens is 296 g/mol. The number of pyridine rings is 1. The molecule has 2 heterocycles. The molecule has 0 aliphatic carbocycles. The van der Waals surface area contributed by atoms with Crippen LogP contribution in [0.3, 0.4) is 0 Å². The number of rotatable bonds is 4. The third-order valence-electron chi connectivity index (χ3n) is 3.43. The van der Waals surface area contributed by atoms with E-state index in [4.69, 9.17) is 0 Å². The molecule has 0 bridgehead atoms. The lowest BCUT2D eigenvalue weighted by atomic mass is 10.1. The van der Waals surface area contributed by atoms with Crippen LogP contribution in [0.5, 0.6) is 0 Å². The van der Waals surface area contributed by atoms with Crippen LogP contribution in [0.25, 0.3) is 0 Å². The number of carbonyl (C=O) groups excluding carboxylic acids is 3. The molecule has 1 fully saturated rings. The van der Waals surface area contributed by atoms with E-state index in [2.05, 4.69) is 15.6 Å². The van der Waals surface area contributed by atoms with Crippen molar-refractivity contribution in [2.24, 2.45) is 0 Å². The molecule has 3 rings (SSSR count). The molecule has 0 atom stereocenters. The van der Waals surface area contributed by atoms with E-state index in [1.54, 1.807) is 48.8 Å². The second-order valence-electron chi connectivity index (χ2n) is 5.03. The molecule has 1 aliphatic heterocycles. The molecule has 4 amide bonds. The number of amides is 4. The molecule has 7 nitrogen and oxygen atoms in total. The number of aromatic nitrogens is 1. The van der Waals surface area contributed by atoms with Gasteiger partial charge >= 0.3 is 6.03 Å². The number of nitrogens with one attached hydrogen (secondary N) is 2. The number of nitrogens with zero attached hydrogens (tertiary/aromatic N) is 2. The van der Waals surface area contributed by atoms with Gasteiger partial charge in [0.15, 0.2) is 0 Å². The summed E-state index contributed by atoms with van der Waals surface area (Å²) in [6.07, 6.45) is 3.19. The minimum atomic E-state index is -0.394. The third kappa shape index (κ3) is 3.34. The summed E-state index contributed by atoms with van der Waals surface area (Å²) in [4.78, 5) is 40.2. The molecule has 1 aliphatic rings. The van der Waals surface area contributed by atoms with Crippen LogP contribution in [0.2, 0.25) is 0 Å². The van der Waals surface area contributed by atoms with E-state index >= 15 is 0 Å². The number of hydrogen-bond donors (Lipinski definition) is 2. The highest BCUT2D eigenvalue weighted by Gasteiger charge is 2.28. The van der Waals surface area contributed by atoms with Crippen molar-refractivity contribution in [2.45, 2.75) is 6.54 Å². The van der Waals surface area contributed by atoms with Crippen LogP contribution >= 0.6 is 0 Å². The summed E-state index contributed by atoms with van der Waals surface area (Å²) in [5, 5.41) is 5.22. The van der Waals surface area contributed by atoms with Gasteiger partial charge in [-0.15, -0.1) is 0 Å². The molecule has 1 aromatic carbocycles. The highest BCUT2D eigenvalue weighted by atomic mass is 16.2. The summed E-state index contributed by atoms with van der Waals surface area (Å²) in [5.74, 6) is -0.493. The van der Waals surface area contributed by atoms with Gasteiger partial charge in [0, 0.05) is 23.6 Å². The fraction of sp³-hybridized carbons (Fsp3) is 0.125. The maximum absolute atomic E-state index is 12.1. The molecule has 0 unspecified atom stereocenters. The van der Waals surface area contributed by atoms with Crippen LogP contribution in [0.4, 0.5) is 10.5 Å². The van der Waals surface area contributed by atoms with Crippen LogP contribution in [-0.4, -0.2) is 34.3 Å². The van der Waals surface area contributed by atoms with Crippen molar-refractivity contribution in [3.63, 3.8) is 0 Å². The summed E-state index contributed by atoms with van der Waals surface area (Å²) in [6, 6.07) is 9.76. The van der Waals surface area contributed by atoms with Crippen molar-refractivity contribution in [3.8, 4) is 0 Å². The maximum atomic E-state index is 12.1. The summed E-state index contributed by atoms with van der Waals surface area (Å²) in [6.45, 7) is 0.224. The molecule has 0 saturated carbocycles. The minimum Gasteiger partial charge on any atom is -0.329 e. The number of hydrogen-bond acceptors (Lipinski definition) is 4. The van der Waals surface area contributed by atoms with Crippen LogP contribution < -0.4 is 10.6 Å². The molecule has 1 aromatic heterocycles. The lowest BCUT2D eigenvalue weighted by Gasteiger charge is -2.12. The van der Waals surface area contributed by atoms with Gasteiger partial charge in [0.05, 0.1) is 13.1 Å². The molecule has 2 N–H and O–H groups in total. The van der Waals surface area contributed by atoms with Gasteiger partial charge in [-0.1, -0.05) is 12.1 Å². The van der Waals surface area contributed by atoms with Crippen molar-refractivity contribution >= 4 is 23.5 Å². The van der Waals surface area contributed by atoms with Gasteiger partial charge in [-0.25, -0.2) is 4.79 Å². The van der Waals surface area contributed by atoms with Crippen LogP contribution in [0, 0.1) is 0 Å². The van der Waals surface area contributed by atoms with Gasteiger partial charge < -0.3 is 10.6 Å². The maximum Gasteiger partial charge on any atom is 0.324 e. The quantitative estimate of drug-likeness (QED) is 0.835. The van der Waals surface area contributed by atoms with Crippen molar-refractivity contribution < 1.29 is 14.4 Å². The SMILES string of the molecule is O=C(Nc1ccncc1)c1ccc(CN2C(=O)CNC2=O)cc1. The van der Waals surface area contributed by atoms with Crippen molar-refractivity contribution in [2.75, 3.05) is 11.9 Å². The first kappa shape index (κ1) is 14.7. The Morgan fingerprint density at radius 3 is 2.43 bits per heavy atom. The van der Waals surface area contributed by atoms with Gasteiger partial charge in [-0.2, -0.15) is 0 Å². The van der Waals surface area contributed by atoms with E-state index < -0.39 is 6.03 Å². The molecule has 7 heteroatoms. The Morgan fingerprint density at radius 2 is 1.83 bits per heavy atom. The monoisotopic (exact) mass is 310 g/mol. The van der Waals surface area contributed by atoms with E-state index in [0.717, 1.165) is 10.5 Å². The Labute approximate surface area is 132 Å². The highest BCUT2D eigenvalue weighted by Crippen LogP contribution is 2.12. The van der Waals surface area contributed by atoms with E-state index in [9.17, 15) is 14.4 Å². The lowest BCUT2D eigenvalue weighted by molar-refractivity contribution is -0.125. The Morgan fingerprint density at radius 1 is 1.13 bits per heavy atom. The van der Waals surface area contributed by atoms with Gasteiger partial charge in [-0.3, -0.25) is 19.5 Å². The number of imide groups is 1. The zero-order valence-electron chi connectivity index (χ0n) is 12.2.